The number of methoxy groups -OCH3 is 1. The van der Waals surface area contributed by atoms with E-state index in [0.29, 0.717) is 42.1 Å². The lowest BCUT2D eigenvalue weighted by atomic mass is 9.82. The fraction of sp³-hybridized carbons (Fsp3) is 0.611. The summed E-state index contributed by atoms with van der Waals surface area (Å²) in [4.78, 5) is 39.5. The number of nitrogens with one attached hydrogen (secondary N) is 1. The molecule has 0 aromatic rings. The maximum atomic E-state index is 13.3. The van der Waals surface area contributed by atoms with Crippen molar-refractivity contribution in [1.29, 1.82) is 0 Å². The Balaban J connectivity index is 2.01. The molecule has 148 valence electrons. The molecule has 3 rings (SSSR count). The number of ether oxygens (including phenoxy) is 2. The van der Waals surface area contributed by atoms with Gasteiger partial charge in [-0.1, -0.05) is 0 Å². The second kappa shape index (κ2) is 7.55. The Labute approximate surface area is 162 Å². The third kappa shape index (κ3) is 3.02. The molecule has 8 nitrogen and oxygen atoms in total. The molecule has 9 heteroatoms. The van der Waals surface area contributed by atoms with Crippen molar-refractivity contribution >= 4 is 29.4 Å². The first-order valence-electron chi connectivity index (χ1n) is 8.91. The molecule has 27 heavy (non-hydrogen) atoms. The van der Waals surface area contributed by atoms with Gasteiger partial charge < -0.3 is 25.4 Å². The van der Waals surface area contributed by atoms with E-state index in [-0.39, 0.29) is 18.2 Å². The minimum absolute atomic E-state index is 0.103. The van der Waals surface area contributed by atoms with Gasteiger partial charge in [0, 0.05) is 37.1 Å². The monoisotopic (exact) mass is 395 g/mol. The molecule has 2 heterocycles. The molecule has 0 radical (unpaired) electrons. The summed E-state index contributed by atoms with van der Waals surface area (Å²) < 4.78 is 10.9. The van der Waals surface area contributed by atoms with Gasteiger partial charge in [-0.3, -0.25) is 9.59 Å². The highest BCUT2D eigenvalue weighted by atomic mass is 32.2. The first-order valence-corrected chi connectivity index (χ1v) is 10.3. The number of Topliss-reactive ketones (excluding diaryl/α,β-unsaturated/α-hetero) is 2. The van der Waals surface area contributed by atoms with Crippen LogP contribution >= 0.6 is 11.8 Å². The Morgan fingerprint density at radius 2 is 2.15 bits per heavy atom. The van der Waals surface area contributed by atoms with Gasteiger partial charge in [-0.2, -0.15) is 11.8 Å². The van der Waals surface area contributed by atoms with Crippen molar-refractivity contribution in [2.45, 2.75) is 25.5 Å². The number of carbonyl (C=O) groups is 3. The number of amides is 1. The molecule has 0 aromatic carbocycles. The average molecular weight is 395 g/mol. The molecule has 1 saturated heterocycles. The molecule has 1 fully saturated rings. The smallest absolute Gasteiger partial charge is 0.404 e. The number of nitrogens with two attached hydrogens (primary N) is 1. The normalized spacial score (nSPS) is 27.2. The molecular weight excluding hydrogens is 370 g/mol. The van der Waals surface area contributed by atoms with Gasteiger partial charge >= 0.3 is 6.09 Å². The highest BCUT2D eigenvalue weighted by molar-refractivity contribution is 7.98. The Morgan fingerprint density at radius 3 is 2.78 bits per heavy atom. The predicted octanol–water partition coefficient (Wildman–Crippen LogP) is 0.783. The molecule has 2 aliphatic heterocycles. The Bertz CT molecular complexity index is 747. The quantitative estimate of drug-likeness (QED) is 0.481. The van der Waals surface area contributed by atoms with Gasteiger partial charge in [-0.15, -0.1) is 0 Å². The predicted molar refractivity (Wildman–Crippen MR) is 101 cm³/mol. The van der Waals surface area contributed by atoms with E-state index in [9.17, 15) is 14.4 Å². The second-order valence-electron chi connectivity index (χ2n) is 6.83. The third-order valence-electron chi connectivity index (χ3n) is 5.55. The lowest BCUT2D eigenvalue weighted by molar-refractivity contribution is -0.132. The zero-order chi connectivity index (χ0) is 19.8. The Morgan fingerprint density at radius 1 is 1.41 bits per heavy atom. The highest BCUT2D eigenvalue weighted by Crippen LogP contribution is 2.52. The number of carbonyl (C=O) groups excluding carboxylic acids is 3. The summed E-state index contributed by atoms with van der Waals surface area (Å²) >= 11 is 1.65. The standard InChI is InChI=1S/C18H25N3O5S/c1-10-13(20-6-8-27-3)16(23)12-11(9-26-17(19)24)18(25-2)5-4-7-21(18)14(12)15(10)22/h11,20H,4-9H2,1-3H3,(H2,19,24)/t11-,18+/m1/s1. The summed E-state index contributed by atoms with van der Waals surface area (Å²) in [7, 11) is 1.56. The van der Waals surface area contributed by atoms with Crippen LogP contribution in [0.5, 0.6) is 0 Å². The summed E-state index contributed by atoms with van der Waals surface area (Å²) in [5.41, 5.74) is 5.76. The average Bonchev–Trinajstić information content (AvgIpc) is 3.17. The van der Waals surface area contributed by atoms with E-state index in [1.165, 1.54) is 0 Å². The van der Waals surface area contributed by atoms with Gasteiger partial charge in [0.15, 0.2) is 5.72 Å². The van der Waals surface area contributed by atoms with Crippen LogP contribution in [-0.2, 0) is 19.1 Å². The fourth-order valence-electron chi connectivity index (χ4n) is 4.35. The van der Waals surface area contributed by atoms with E-state index >= 15 is 0 Å². The molecule has 0 spiro atoms. The van der Waals surface area contributed by atoms with Crippen molar-refractivity contribution in [2.24, 2.45) is 11.7 Å². The zero-order valence-corrected chi connectivity index (χ0v) is 16.6. The van der Waals surface area contributed by atoms with E-state index in [1.807, 2.05) is 11.2 Å². The lowest BCUT2D eigenvalue weighted by Gasteiger charge is -2.37. The number of thioether (sulfide) groups is 1. The molecule has 1 aliphatic carbocycles. The minimum Gasteiger partial charge on any atom is -0.449 e. The van der Waals surface area contributed by atoms with Crippen LogP contribution < -0.4 is 11.1 Å². The van der Waals surface area contributed by atoms with Crippen molar-refractivity contribution in [3.05, 3.63) is 22.5 Å². The van der Waals surface area contributed by atoms with Crippen molar-refractivity contribution < 1.29 is 23.9 Å². The summed E-state index contributed by atoms with van der Waals surface area (Å²) in [6.45, 7) is 2.76. The molecular formula is C18H25N3O5S. The lowest BCUT2D eigenvalue weighted by Crippen LogP contribution is -2.48. The number of primary amides is 1. The second-order valence-corrected chi connectivity index (χ2v) is 7.81. The Kier molecular flexibility index (Phi) is 5.53. The van der Waals surface area contributed by atoms with Crippen molar-refractivity contribution in [3.63, 3.8) is 0 Å². The first kappa shape index (κ1) is 19.8. The van der Waals surface area contributed by atoms with Gasteiger partial charge in [0.25, 0.3) is 0 Å². The Hall–Kier alpha value is -2.00. The third-order valence-corrected chi connectivity index (χ3v) is 6.16. The van der Waals surface area contributed by atoms with Gasteiger partial charge in [0.2, 0.25) is 11.6 Å². The summed E-state index contributed by atoms with van der Waals surface area (Å²) in [5.74, 6) is -0.158. The van der Waals surface area contributed by atoms with Crippen LogP contribution in [0, 0.1) is 5.92 Å². The maximum absolute atomic E-state index is 13.3. The molecule has 0 aromatic heterocycles. The molecule has 0 bridgehead atoms. The molecule has 3 N–H and O–H groups in total. The van der Waals surface area contributed by atoms with Crippen LogP contribution in [0.15, 0.2) is 22.5 Å². The summed E-state index contributed by atoms with van der Waals surface area (Å²) in [6.07, 6.45) is 2.51. The molecule has 0 saturated carbocycles. The summed E-state index contributed by atoms with van der Waals surface area (Å²) in [5, 5.41) is 3.11. The molecule has 2 atom stereocenters. The van der Waals surface area contributed by atoms with Crippen LogP contribution in [0.25, 0.3) is 0 Å². The van der Waals surface area contributed by atoms with Crippen LogP contribution in [0.2, 0.25) is 0 Å². The van der Waals surface area contributed by atoms with Crippen LogP contribution in [0.3, 0.4) is 0 Å². The summed E-state index contributed by atoms with van der Waals surface area (Å²) in [6, 6.07) is 0. The number of allylic oxidation sites excluding steroid dienone is 2. The van der Waals surface area contributed by atoms with Crippen molar-refractivity contribution in [2.75, 3.05) is 38.8 Å². The van der Waals surface area contributed by atoms with Crippen LogP contribution in [0.4, 0.5) is 4.79 Å². The van der Waals surface area contributed by atoms with Crippen molar-refractivity contribution in [3.8, 4) is 0 Å². The number of hydrogen-bond acceptors (Lipinski definition) is 8. The number of hydrogen-bond donors (Lipinski definition) is 2. The molecule has 3 aliphatic rings. The van der Waals surface area contributed by atoms with Gasteiger partial charge in [-0.25, -0.2) is 4.79 Å². The largest absolute Gasteiger partial charge is 0.449 e. The van der Waals surface area contributed by atoms with Crippen LogP contribution in [0.1, 0.15) is 19.8 Å². The van der Waals surface area contributed by atoms with E-state index in [2.05, 4.69) is 5.32 Å². The number of nitrogens with zero attached hydrogens (tertiary/aromatic N) is 1. The topological polar surface area (TPSA) is 111 Å². The number of fused-ring (bicyclic) bond motifs is 2. The van der Waals surface area contributed by atoms with Crippen LogP contribution in [-0.4, -0.2) is 67.1 Å². The van der Waals surface area contributed by atoms with E-state index < -0.39 is 17.7 Å². The number of rotatable bonds is 7. The SMILES string of the molecule is CO[C@]12CCCN1C1=C(C(=O)C(NCCSC)=C(C)C1=O)[C@H]2COC(N)=O. The molecule has 1 amide bonds. The van der Waals surface area contributed by atoms with E-state index in [1.54, 1.807) is 25.8 Å². The van der Waals surface area contributed by atoms with Crippen molar-refractivity contribution in [1.82, 2.24) is 10.2 Å². The highest BCUT2D eigenvalue weighted by Gasteiger charge is 2.60. The number of ketones is 2. The first-order chi connectivity index (χ1) is 12.9. The maximum Gasteiger partial charge on any atom is 0.404 e. The fourth-order valence-corrected chi connectivity index (χ4v) is 4.65. The van der Waals surface area contributed by atoms with Gasteiger partial charge in [-0.05, 0) is 26.0 Å². The van der Waals surface area contributed by atoms with E-state index in [4.69, 9.17) is 15.2 Å². The van der Waals surface area contributed by atoms with E-state index in [0.717, 1.165) is 12.2 Å². The van der Waals surface area contributed by atoms with Gasteiger partial charge in [0.1, 0.15) is 6.61 Å². The molecule has 0 unspecified atom stereocenters. The zero-order valence-electron chi connectivity index (χ0n) is 15.8. The minimum atomic E-state index is -0.917. The van der Waals surface area contributed by atoms with Gasteiger partial charge in [0.05, 0.1) is 17.3 Å².